The summed E-state index contributed by atoms with van der Waals surface area (Å²) in [5, 5.41) is 2.53. The van der Waals surface area contributed by atoms with Crippen LogP contribution in [0, 0.1) is 0 Å². The topological polar surface area (TPSA) is 12.0 Å². The summed E-state index contributed by atoms with van der Waals surface area (Å²) < 4.78 is 24.3. The highest BCUT2D eigenvalue weighted by Gasteiger charge is 2.37. The number of hydrogen-bond acceptors (Lipinski definition) is 1. The van der Waals surface area contributed by atoms with Crippen LogP contribution < -0.4 is 5.32 Å². The molecule has 0 bridgehead atoms. The van der Waals surface area contributed by atoms with Crippen molar-refractivity contribution in [2.45, 2.75) is 10.6 Å². The van der Waals surface area contributed by atoms with Crippen LogP contribution in [0.25, 0.3) is 0 Å². The molecular formula is C7H8BrF2N. The number of hydrogen-bond donors (Lipinski definition) is 1. The molecule has 1 rings (SSSR count). The van der Waals surface area contributed by atoms with E-state index in [-0.39, 0.29) is 0 Å². The molecule has 11 heavy (non-hydrogen) atoms. The Labute approximate surface area is 72.3 Å². The number of likely N-dealkylation sites (N-methyl/N-ethyl adjacent to an activating group) is 1. The highest BCUT2D eigenvalue weighted by Crippen LogP contribution is 2.33. The van der Waals surface area contributed by atoms with Crippen LogP contribution in [0.4, 0.5) is 8.78 Å². The zero-order valence-electron chi connectivity index (χ0n) is 5.94. The molecule has 0 saturated carbocycles. The predicted octanol–water partition coefficient (Wildman–Crippen LogP) is 2.06. The molecule has 1 N–H and O–H groups in total. The van der Waals surface area contributed by atoms with Crippen LogP contribution in [0.15, 0.2) is 24.1 Å². The van der Waals surface area contributed by atoms with Gasteiger partial charge in [0.1, 0.15) is 11.9 Å². The lowest BCUT2D eigenvalue weighted by Crippen LogP contribution is -2.42. The second-order valence-electron chi connectivity index (χ2n) is 2.31. The van der Waals surface area contributed by atoms with Crippen molar-refractivity contribution in [1.29, 1.82) is 0 Å². The quantitative estimate of drug-likeness (QED) is 0.672. The van der Waals surface area contributed by atoms with E-state index in [9.17, 15) is 8.78 Å². The zero-order chi connectivity index (χ0) is 8.48. The van der Waals surface area contributed by atoms with Crippen molar-refractivity contribution in [3.8, 4) is 0 Å². The van der Waals surface area contributed by atoms with E-state index in [1.807, 2.05) is 0 Å². The molecule has 0 saturated heterocycles. The first-order valence-electron chi connectivity index (χ1n) is 3.18. The molecule has 0 aliphatic heterocycles. The Hall–Kier alpha value is -0.220. The normalized spacial score (nSPS) is 37.1. The molecule has 62 valence electrons. The Morgan fingerprint density at radius 1 is 1.73 bits per heavy atom. The lowest BCUT2D eigenvalue weighted by Gasteiger charge is -2.26. The summed E-state index contributed by atoms with van der Waals surface area (Å²) in [5.41, 5.74) is 0. The largest absolute Gasteiger partial charge is 0.307 e. The van der Waals surface area contributed by atoms with Gasteiger partial charge in [0.25, 0.3) is 0 Å². The van der Waals surface area contributed by atoms with Crippen LogP contribution in [0.2, 0.25) is 0 Å². The van der Waals surface area contributed by atoms with Gasteiger partial charge in [-0.05, 0) is 35.1 Å². The SMILES string of the molecule is CNC1C(F)=CC=CC1(F)Br. The van der Waals surface area contributed by atoms with Crippen molar-refractivity contribution in [2.75, 3.05) is 7.05 Å². The molecule has 1 aliphatic rings. The van der Waals surface area contributed by atoms with Gasteiger partial charge in [0.05, 0.1) is 0 Å². The van der Waals surface area contributed by atoms with Crippen molar-refractivity contribution >= 4 is 15.9 Å². The van der Waals surface area contributed by atoms with Crippen LogP contribution in [0.3, 0.4) is 0 Å². The van der Waals surface area contributed by atoms with Crippen LogP contribution in [-0.4, -0.2) is 17.7 Å². The molecule has 4 heteroatoms. The summed E-state index contributed by atoms with van der Waals surface area (Å²) in [6.07, 6.45) is 3.84. The third kappa shape index (κ3) is 1.68. The molecule has 1 nitrogen and oxygen atoms in total. The molecule has 0 amide bonds. The molecule has 0 aromatic rings. The fourth-order valence-corrected chi connectivity index (χ4v) is 1.58. The number of nitrogens with one attached hydrogen (secondary N) is 1. The summed E-state index contributed by atoms with van der Waals surface area (Å²) >= 11 is 2.76. The minimum Gasteiger partial charge on any atom is -0.307 e. The van der Waals surface area contributed by atoms with Crippen LogP contribution in [-0.2, 0) is 0 Å². The highest BCUT2D eigenvalue weighted by molar-refractivity contribution is 9.10. The molecule has 0 fully saturated rings. The first kappa shape index (κ1) is 8.87. The van der Waals surface area contributed by atoms with E-state index in [2.05, 4.69) is 21.2 Å². The maximum absolute atomic E-state index is 13.3. The van der Waals surface area contributed by atoms with Crippen LogP contribution in [0.5, 0.6) is 0 Å². The molecule has 2 atom stereocenters. The Morgan fingerprint density at radius 2 is 2.36 bits per heavy atom. The van der Waals surface area contributed by atoms with E-state index in [1.54, 1.807) is 0 Å². The molecule has 0 radical (unpaired) electrons. The van der Waals surface area contributed by atoms with Gasteiger partial charge in [-0.1, -0.05) is 6.08 Å². The summed E-state index contributed by atoms with van der Waals surface area (Å²) in [4.78, 5) is 0. The minimum absolute atomic E-state index is 0.505. The molecular weight excluding hydrogens is 216 g/mol. The van der Waals surface area contributed by atoms with E-state index >= 15 is 0 Å². The second kappa shape index (κ2) is 3.03. The van der Waals surface area contributed by atoms with Gasteiger partial charge in [-0.15, -0.1) is 0 Å². The van der Waals surface area contributed by atoms with E-state index < -0.39 is 16.4 Å². The Kier molecular flexibility index (Phi) is 2.44. The standard InChI is InChI=1S/C7H8BrF2N/c1-11-6-5(9)3-2-4-7(6,8)10/h2-4,6,11H,1H3. The molecule has 0 aromatic heterocycles. The first-order chi connectivity index (χ1) is 5.08. The fourth-order valence-electron chi connectivity index (χ4n) is 0.975. The summed E-state index contributed by atoms with van der Waals surface area (Å²) in [6.45, 7) is 0. The van der Waals surface area contributed by atoms with Gasteiger partial charge in [-0.2, -0.15) is 0 Å². The molecule has 0 heterocycles. The zero-order valence-corrected chi connectivity index (χ0v) is 7.53. The third-order valence-electron chi connectivity index (χ3n) is 1.52. The van der Waals surface area contributed by atoms with E-state index in [0.29, 0.717) is 0 Å². The summed E-state index contributed by atoms with van der Waals surface area (Å²) in [5.74, 6) is -0.505. The molecule has 2 unspecified atom stereocenters. The van der Waals surface area contributed by atoms with Crippen molar-refractivity contribution in [3.63, 3.8) is 0 Å². The van der Waals surface area contributed by atoms with E-state index in [4.69, 9.17) is 0 Å². The van der Waals surface area contributed by atoms with Gasteiger partial charge in [-0.25, -0.2) is 8.78 Å². The maximum atomic E-state index is 13.3. The lowest BCUT2D eigenvalue weighted by molar-refractivity contribution is 0.276. The summed E-state index contributed by atoms with van der Waals surface area (Å²) in [7, 11) is 1.51. The molecule has 0 spiro atoms. The molecule has 0 aromatic carbocycles. The average Bonchev–Trinajstić information content (AvgIpc) is 1.86. The number of allylic oxidation sites excluding steroid dienone is 2. The van der Waals surface area contributed by atoms with Crippen LogP contribution >= 0.6 is 15.9 Å². The number of halogens is 3. The third-order valence-corrected chi connectivity index (χ3v) is 2.25. The minimum atomic E-state index is -1.80. The monoisotopic (exact) mass is 223 g/mol. The Morgan fingerprint density at radius 3 is 2.73 bits per heavy atom. The highest BCUT2D eigenvalue weighted by atomic mass is 79.9. The van der Waals surface area contributed by atoms with E-state index in [1.165, 1.54) is 25.3 Å². The fraction of sp³-hybridized carbons (Fsp3) is 0.429. The number of alkyl halides is 2. The van der Waals surface area contributed by atoms with Gasteiger partial charge >= 0.3 is 0 Å². The predicted molar refractivity (Wildman–Crippen MR) is 43.9 cm³/mol. The first-order valence-corrected chi connectivity index (χ1v) is 3.97. The van der Waals surface area contributed by atoms with Gasteiger partial charge in [-0.3, -0.25) is 0 Å². The number of rotatable bonds is 1. The average molecular weight is 224 g/mol. The maximum Gasteiger partial charge on any atom is 0.205 e. The molecule has 1 aliphatic carbocycles. The van der Waals surface area contributed by atoms with Gasteiger partial charge < -0.3 is 5.32 Å². The summed E-state index contributed by atoms with van der Waals surface area (Å²) in [6, 6.07) is -0.924. The van der Waals surface area contributed by atoms with Crippen molar-refractivity contribution in [1.82, 2.24) is 5.32 Å². The van der Waals surface area contributed by atoms with Gasteiger partial charge in [0.15, 0.2) is 0 Å². The second-order valence-corrected chi connectivity index (χ2v) is 3.52. The van der Waals surface area contributed by atoms with Crippen LogP contribution in [0.1, 0.15) is 0 Å². The van der Waals surface area contributed by atoms with Crippen molar-refractivity contribution in [3.05, 3.63) is 24.1 Å². The van der Waals surface area contributed by atoms with Crippen molar-refractivity contribution in [2.24, 2.45) is 0 Å². The Bertz CT molecular complexity index is 210. The Balaban J connectivity index is 2.88. The van der Waals surface area contributed by atoms with Crippen molar-refractivity contribution < 1.29 is 8.78 Å². The van der Waals surface area contributed by atoms with Gasteiger partial charge in [0.2, 0.25) is 4.58 Å². The van der Waals surface area contributed by atoms with Gasteiger partial charge in [0, 0.05) is 0 Å². The lowest BCUT2D eigenvalue weighted by atomic mass is 10.1. The van der Waals surface area contributed by atoms with E-state index in [0.717, 1.165) is 0 Å². The smallest absolute Gasteiger partial charge is 0.205 e.